The van der Waals surface area contributed by atoms with Crippen molar-refractivity contribution in [1.29, 1.82) is 0 Å². The Morgan fingerprint density at radius 1 is 1.11 bits per heavy atom. The fourth-order valence-electron chi connectivity index (χ4n) is 2.70. The Morgan fingerprint density at radius 3 is 2.68 bits per heavy atom. The molecule has 2 N–H and O–H groups in total. The van der Waals surface area contributed by atoms with E-state index in [4.69, 9.17) is 10.5 Å². The van der Waals surface area contributed by atoms with Gasteiger partial charge in [0.15, 0.2) is 0 Å². The van der Waals surface area contributed by atoms with Crippen molar-refractivity contribution in [1.82, 2.24) is 0 Å². The van der Waals surface area contributed by atoms with E-state index >= 15 is 0 Å². The zero-order chi connectivity index (χ0) is 13.4. The van der Waals surface area contributed by atoms with Crippen molar-refractivity contribution in [3.05, 3.63) is 64.7 Å². The molecule has 1 aliphatic carbocycles. The highest BCUT2D eigenvalue weighted by molar-refractivity contribution is 5.39. The quantitative estimate of drug-likeness (QED) is 0.891. The molecule has 1 aliphatic rings. The van der Waals surface area contributed by atoms with Gasteiger partial charge in [-0.1, -0.05) is 36.4 Å². The van der Waals surface area contributed by atoms with Crippen LogP contribution in [0.2, 0.25) is 0 Å². The van der Waals surface area contributed by atoms with Crippen LogP contribution >= 0.6 is 0 Å². The second kappa shape index (κ2) is 4.71. The molecule has 0 aliphatic heterocycles. The van der Waals surface area contributed by atoms with Gasteiger partial charge in [0.05, 0.1) is 6.04 Å². The number of aryl methyl sites for hydroxylation is 2. The molecule has 0 heterocycles. The van der Waals surface area contributed by atoms with Crippen molar-refractivity contribution in [2.24, 2.45) is 5.73 Å². The van der Waals surface area contributed by atoms with Gasteiger partial charge in [-0.15, -0.1) is 0 Å². The largest absolute Gasteiger partial charge is 0.488 e. The predicted molar refractivity (Wildman–Crippen MR) is 77.4 cm³/mol. The molecule has 98 valence electrons. The van der Waals surface area contributed by atoms with E-state index in [-0.39, 0.29) is 12.1 Å². The average Bonchev–Trinajstić information content (AvgIpc) is 2.72. The SMILES string of the molecule is Cc1ccc(C)c(OC2Cc3ccccc3C2N)c1. The normalized spacial score (nSPS) is 21.2. The molecule has 0 aromatic heterocycles. The van der Waals surface area contributed by atoms with Gasteiger partial charge in [0, 0.05) is 6.42 Å². The first-order valence-electron chi connectivity index (χ1n) is 6.72. The summed E-state index contributed by atoms with van der Waals surface area (Å²) < 4.78 is 6.16. The molecular weight excluding hydrogens is 234 g/mol. The minimum Gasteiger partial charge on any atom is -0.488 e. The minimum atomic E-state index is -0.0314. The maximum Gasteiger partial charge on any atom is 0.123 e. The van der Waals surface area contributed by atoms with Gasteiger partial charge < -0.3 is 10.5 Å². The molecule has 3 rings (SSSR count). The lowest BCUT2D eigenvalue weighted by Crippen LogP contribution is -2.28. The number of fused-ring (bicyclic) bond motifs is 1. The molecule has 0 bridgehead atoms. The van der Waals surface area contributed by atoms with E-state index in [1.807, 2.05) is 6.07 Å². The van der Waals surface area contributed by atoms with Crippen LogP contribution in [0.15, 0.2) is 42.5 Å². The van der Waals surface area contributed by atoms with Gasteiger partial charge in [-0.25, -0.2) is 0 Å². The Bertz CT molecular complexity index is 606. The van der Waals surface area contributed by atoms with E-state index in [1.54, 1.807) is 0 Å². The zero-order valence-corrected chi connectivity index (χ0v) is 11.4. The molecule has 0 spiro atoms. The summed E-state index contributed by atoms with van der Waals surface area (Å²) in [5.41, 5.74) is 11.2. The highest BCUT2D eigenvalue weighted by atomic mass is 16.5. The van der Waals surface area contributed by atoms with Crippen LogP contribution in [-0.2, 0) is 6.42 Å². The number of nitrogens with two attached hydrogens (primary N) is 1. The molecule has 2 aromatic carbocycles. The van der Waals surface area contributed by atoms with E-state index in [1.165, 1.54) is 16.7 Å². The first kappa shape index (κ1) is 12.2. The second-order valence-corrected chi connectivity index (χ2v) is 5.35. The summed E-state index contributed by atoms with van der Waals surface area (Å²) in [6.07, 6.45) is 0.933. The van der Waals surface area contributed by atoms with Gasteiger partial charge in [0.25, 0.3) is 0 Å². The van der Waals surface area contributed by atoms with Crippen LogP contribution in [0.3, 0.4) is 0 Å². The first-order valence-corrected chi connectivity index (χ1v) is 6.72. The fraction of sp³-hybridized carbons (Fsp3) is 0.294. The van der Waals surface area contributed by atoms with Gasteiger partial charge in [-0.3, -0.25) is 0 Å². The van der Waals surface area contributed by atoms with Crippen LogP contribution < -0.4 is 10.5 Å². The lowest BCUT2D eigenvalue weighted by atomic mass is 10.1. The third-order valence-electron chi connectivity index (χ3n) is 3.86. The maximum atomic E-state index is 6.30. The molecule has 2 unspecified atom stereocenters. The average molecular weight is 253 g/mol. The van der Waals surface area contributed by atoms with E-state index in [0.717, 1.165) is 17.7 Å². The van der Waals surface area contributed by atoms with Crippen molar-refractivity contribution in [2.75, 3.05) is 0 Å². The Balaban J connectivity index is 1.85. The molecule has 2 heteroatoms. The topological polar surface area (TPSA) is 35.2 Å². The summed E-state index contributed by atoms with van der Waals surface area (Å²) in [5.74, 6) is 0.952. The van der Waals surface area contributed by atoms with Crippen LogP contribution in [0.25, 0.3) is 0 Å². The van der Waals surface area contributed by atoms with Crippen LogP contribution in [0.1, 0.15) is 28.3 Å². The van der Waals surface area contributed by atoms with E-state index in [9.17, 15) is 0 Å². The van der Waals surface area contributed by atoms with Gasteiger partial charge in [-0.05, 0) is 42.2 Å². The summed E-state index contributed by atoms with van der Waals surface area (Å²) in [4.78, 5) is 0. The highest BCUT2D eigenvalue weighted by Crippen LogP contribution is 2.33. The van der Waals surface area contributed by atoms with E-state index in [0.29, 0.717) is 0 Å². The summed E-state index contributed by atoms with van der Waals surface area (Å²) in [6, 6.07) is 14.6. The van der Waals surface area contributed by atoms with E-state index in [2.05, 4.69) is 50.2 Å². The Kier molecular flexibility index (Phi) is 3.03. The third-order valence-corrected chi connectivity index (χ3v) is 3.86. The monoisotopic (exact) mass is 253 g/mol. The number of ether oxygens (including phenoxy) is 1. The van der Waals surface area contributed by atoms with Crippen molar-refractivity contribution in [3.63, 3.8) is 0 Å². The van der Waals surface area contributed by atoms with Gasteiger partial charge >= 0.3 is 0 Å². The summed E-state index contributed by atoms with van der Waals surface area (Å²) in [6.45, 7) is 4.15. The fourth-order valence-corrected chi connectivity index (χ4v) is 2.70. The standard InChI is InChI=1S/C17H19NO/c1-11-7-8-12(2)15(9-11)19-16-10-13-5-3-4-6-14(13)17(16)18/h3-9,16-17H,10,18H2,1-2H3. The first-order chi connectivity index (χ1) is 9.15. The molecule has 0 amide bonds. The van der Waals surface area contributed by atoms with Crippen molar-refractivity contribution >= 4 is 0 Å². The van der Waals surface area contributed by atoms with Crippen molar-refractivity contribution < 1.29 is 4.74 Å². The second-order valence-electron chi connectivity index (χ2n) is 5.35. The van der Waals surface area contributed by atoms with E-state index < -0.39 is 0 Å². The summed E-state index contributed by atoms with van der Waals surface area (Å²) in [7, 11) is 0. The Morgan fingerprint density at radius 2 is 1.89 bits per heavy atom. The summed E-state index contributed by atoms with van der Waals surface area (Å²) >= 11 is 0. The molecule has 0 fully saturated rings. The molecule has 2 atom stereocenters. The Labute approximate surface area is 114 Å². The minimum absolute atomic E-state index is 0.0314. The van der Waals surface area contributed by atoms with Crippen LogP contribution in [0.4, 0.5) is 0 Å². The molecule has 2 nitrogen and oxygen atoms in total. The predicted octanol–water partition coefficient (Wildman–Crippen LogP) is 3.31. The van der Waals surface area contributed by atoms with Crippen molar-refractivity contribution in [2.45, 2.75) is 32.4 Å². The number of rotatable bonds is 2. The van der Waals surface area contributed by atoms with Gasteiger partial charge in [-0.2, -0.15) is 0 Å². The lowest BCUT2D eigenvalue weighted by Gasteiger charge is -2.20. The number of hydrogen-bond acceptors (Lipinski definition) is 2. The van der Waals surface area contributed by atoms with Crippen LogP contribution in [0, 0.1) is 13.8 Å². The van der Waals surface area contributed by atoms with Gasteiger partial charge in [0.2, 0.25) is 0 Å². The molecule has 0 saturated carbocycles. The number of benzene rings is 2. The number of hydrogen-bond donors (Lipinski definition) is 1. The molecule has 19 heavy (non-hydrogen) atoms. The van der Waals surface area contributed by atoms with Crippen molar-refractivity contribution in [3.8, 4) is 5.75 Å². The molecule has 2 aromatic rings. The third kappa shape index (κ3) is 2.24. The van der Waals surface area contributed by atoms with Crippen LogP contribution in [-0.4, -0.2) is 6.10 Å². The summed E-state index contributed by atoms with van der Waals surface area (Å²) in [5, 5.41) is 0. The smallest absolute Gasteiger partial charge is 0.123 e. The Hall–Kier alpha value is -1.80. The lowest BCUT2D eigenvalue weighted by molar-refractivity contribution is 0.184. The molecular formula is C17H19NO. The van der Waals surface area contributed by atoms with Crippen LogP contribution in [0.5, 0.6) is 5.75 Å². The zero-order valence-electron chi connectivity index (χ0n) is 11.4. The molecule has 0 saturated heterocycles. The molecule has 0 radical (unpaired) electrons. The highest BCUT2D eigenvalue weighted by Gasteiger charge is 2.31. The maximum absolute atomic E-state index is 6.30. The van der Waals surface area contributed by atoms with Gasteiger partial charge in [0.1, 0.15) is 11.9 Å².